The maximum Gasteiger partial charge on any atom is 0.409 e. The second-order valence-corrected chi connectivity index (χ2v) is 6.04. The van der Waals surface area contributed by atoms with Crippen LogP contribution >= 0.6 is 22.9 Å². The Morgan fingerprint density at radius 2 is 2.18 bits per heavy atom. The van der Waals surface area contributed by atoms with Crippen LogP contribution < -0.4 is 10.1 Å². The summed E-state index contributed by atoms with van der Waals surface area (Å²) in [5.41, 5.74) is 2.31. The number of thiazole rings is 1. The van der Waals surface area contributed by atoms with Crippen LogP contribution in [0.5, 0.6) is 10.9 Å². The lowest BCUT2D eigenvalue weighted by Crippen LogP contribution is -2.07. The van der Waals surface area contributed by atoms with Gasteiger partial charge in [-0.25, -0.2) is 9.78 Å². The quantitative estimate of drug-likeness (QED) is 0.695. The van der Waals surface area contributed by atoms with Gasteiger partial charge in [-0.2, -0.15) is 0 Å². The minimum absolute atomic E-state index is 0.340. The first-order valence-corrected chi connectivity index (χ1v) is 7.55. The molecule has 7 heteroatoms. The Morgan fingerprint density at radius 3 is 2.91 bits per heavy atom. The van der Waals surface area contributed by atoms with E-state index in [1.54, 1.807) is 12.1 Å². The Morgan fingerprint density at radius 1 is 1.36 bits per heavy atom. The SMILES string of the molecule is Cc1cccc2sc(Oc3cc(Cl)cc(NC(=O)O)c3)nc12. The predicted octanol–water partition coefficient (Wildman–Crippen LogP) is 5.14. The normalized spacial score (nSPS) is 10.6. The first-order chi connectivity index (χ1) is 10.5. The number of rotatable bonds is 3. The van der Waals surface area contributed by atoms with Crippen LogP contribution in [0.3, 0.4) is 0 Å². The zero-order valence-corrected chi connectivity index (χ0v) is 13.0. The number of benzene rings is 2. The van der Waals surface area contributed by atoms with Crippen molar-refractivity contribution in [1.82, 2.24) is 4.98 Å². The van der Waals surface area contributed by atoms with Crippen molar-refractivity contribution in [2.75, 3.05) is 5.32 Å². The van der Waals surface area contributed by atoms with Gasteiger partial charge in [-0.1, -0.05) is 35.1 Å². The topological polar surface area (TPSA) is 71.5 Å². The molecule has 1 aromatic heterocycles. The highest BCUT2D eigenvalue weighted by molar-refractivity contribution is 7.20. The summed E-state index contributed by atoms with van der Waals surface area (Å²) in [4.78, 5) is 15.1. The third-order valence-corrected chi connectivity index (χ3v) is 4.05. The van der Waals surface area contributed by atoms with Gasteiger partial charge in [0.05, 0.1) is 10.2 Å². The van der Waals surface area contributed by atoms with Crippen molar-refractivity contribution < 1.29 is 14.6 Å². The smallest absolute Gasteiger partial charge is 0.409 e. The molecule has 0 saturated carbocycles. The standard InChI is InChI=1S/C15H11ClN2O3S/c1-8-3-2-4-12-13(8)18-15(22-12)21-11-6-9(16)5-10(7-11)17-14(19)20/h2-7,17H,1H3,(H,19,20). The number of halogens is 1. The number of fused-ring (bicyclic) bond motifs is 1. The van der Waals surface area contributed by atoms with Gasteiger partial charge in [-0.3, -0.25) is 5.32 Å². The van der Waals surface area contributed by atoms with Crippen LogP contribution in [0.1, 0.15) is 5.56 Å². The number of amides is 1. The molecule has 0 radical (unpaired) electrons. The monoisotopic (exact) mass is 334 g/mol. The van der Waals surface area contributed by atoms with Crippen LogP contribution in [0.4, 0.5) is 10.5 Å². The van der Waals surface area contributed by atoms with Gasteiger partial charge in [-0.15, -0.1) is 0 Å². The van der Waals surface area contributed by atoms with Crippen molar-refractivity contribution in [3.05, 3.63) is 47.0 Å². The maximum atomic E-state index is 10.7. The van der Waals surface area contributed by atoms with Gasteiger partial charge in [0.2, 0.25) is 0 Å². The van der Waals surface area contributed by atoms with Crippen LogP contribution in [0.15, 0.2) is 36.4 Å². The van der Waals surface area contributed by atoms with Crippen molar-refractivity contribution in [3.63, 3.8) is 0 Å². The Bertz CT molecular complexity index is 863. The van der Waals surface area contributed by atoms with E-state index in [0.29, 0.717) is 21.7 Å². The number of hydrogen-bond donors (Lipinski definition) is 2. The number of hydrogen-bond acceptors (Lipinski definition) is 4. The molecule has 0 atom stereocenters. The predicted molar refractivity (Wildman–Crippen MR) is 87.5 cm³/mol. The van der Waals surface area contributed by atoms with E-state index >= 15 is 0 Å². The van der Waals surface area contributed by atoms with E-state index < -0.39 is 6.09 Å². The molecule has 0 fully saturated rings. The zero-order chi connectivity index (χ0) is 15.7. The molecule has 1 amide bonds. The molecule has 0 aliphatic rings. The molecule has 3 aromatic rings. The van der Waals surface area contributed by atoms with E-state index in [4.69, 9.17) is 21.4 Å². The van der Waals surface area contributed by atoms with Gasteiger partial charge in [0.25, 0.3) is 5.19 Å². The van der Waals surface area contributed by atoms with Crippen LogP contribution in [-0.2, 0) is 0 Å². The van der Waals surface area contributed by atoms with E-state index in [1.807, 2.05) is 25.1 Å². The molecule has 112 valence electrons. The van der Waals surface area contributed by atoms with Gasteiger partial charge in [0, 0.05) is 16.8 Å². The molecule has 0 aliphatic carbocycles. The molecule has 2 aromatic carbocycles. The molecular formula is C15H11ClN2O3S. The lowest BCUT2D eigenvalue weighted by atomic mass is 10.2. The number of aromatic nitrogens is 1. The summed E-state index contributed by atoms with van der Waals surface area (Å²) in [6.07, 6.45) is -1.16. The maximum absolute atomic E-state index is 10.7. The summed E-state index contributed by atoms with van der Waals surface area (Å²) in [6, 6.07) is 10.6. The van der Waals surface area contributed by atoms with E-state index in [0.717, 1.165) is 15.8 Å². The van der Waals surface area contributed by atoms with Crippen LogP contribution in [0.25, 0.3) is 10.2 Å². The summed E-state index contributed by atoms with van der Waals surface area (Å²) < 4.78 is 6.74. The third kappa shape index (κ3) is 3.13. The first-order valence-electron chi connectivity index (χ1n) is 6.36. The number of para-hydroxylation sites is 1. The number of carbonyl (C=O) groups is 1. The van der Waals surface area contributed by atoms with Crippen LogP contribution in [0.2, 0.25) is 5.02 Å². The van der Waals surface area contributed by atoms with Gasteiger partial charge < -0.3 is 9.84 Å². The van der Waals surface area contributed by atoms with Crippen molar-refractivity contribution in [2.24, 2.45) is 0 Å². The highest BCUT2D eigenvalue weighted by Crippen LogP contribution is 2.34. The average Bonchev–Trinajstić information content (AvgIpc) is 2.81. The molecule has 0 unspecified atom stereocenters. The van der Waals surface area contributed by atoms with Gasteiger partial charge >= 0.3 is 6.09 Å². The second-order valence-electron chi connectivity index (χ2n) is 4.61. The molecule has 3 rings (SSSR count). The molecule has 0 saturated heterocycles. The van der Waals surface area contributed by atoms with Gasteiger partial charge in [0.1, 0.15) is 5.75 Å². The average molecular weight is 335 g/mol. The van der Waals surface area contributed by atoms with Crippen molar-refractivity contribution in [3.8, 4) is 10.9 Å². The molecule has 1 heterocycles. The number of anilines is 1. The minimum Gasteiger partial charge on any atom is -0.465 e. The Labute approximate surface area is 135 Å². The Hall–Kier alpha value is -2.31. The largest absolute Gasteiger partial charge is 0.465 e. The van der Waals surface area contributed by atoms with E-state index in [1.165, 1.54) is 17.4 Å². The van der Waals surface area contributed by atoms with Gasteiger partial charge in [0.15, 0.2) is 0 Å². The second kappa shape index (κ2) is 5.82. The van der Waals surface area contributed by atoms with Crippen LogP contribution in [-0.4, -0.2) is 16.2 Å². The summed E-state index contributed by atoms with van der Waals surface area (Å²) in [7, 11) is 0. The fourth-order valence-corrected chi connectivity index (χ4v) is 3.17. The number of ether oxygens (including phenoxy) is 1. The molecule has 22 heavy (non-hydrogen) atoms. The minimum atomic E-state index is -1.16. The van der Waals surface area contributed by atoms with Gasteiger partial charge in [-0.05, 0) is 30.7 Å². The van der Waals surface area contributed by atoms with E-state index in [2.05, 4.69) is 10.3 Å². The summed E-state index contributed by atoms with van der Waals surface area (Å²) >= 11 is 7.39. The van der Waals surface area contributed by atoms with E-state index in [-0.39, 0.29) is 0 Å². The lowest BCUT2D eigenvalue weighted by Gasteiger charge is -2.06. The molecular weight excluding hydrogens is 324 g/mol. The molecule has 0 bridgehead atoms. The first kappa shape index (κ1) is 14.6. The molecule has 0 aliphatic heterocycles. The third-order valence-electron chi connectivity index (χ3n) is 2.93. The molecule has 5 nitrogen and oxygen atoms in total. The number of nitrogens with one attached hydrogen (secondary N) is 1. The van der Waals surface area contributed by atoms with Crippen molar-refractivity contribution in [2.45, 2.75) is 6.92 Å². The van der Waals surface area contributed by atoms with Crippen LogP contribution in [0, 0.1) is 6.92 Å². The fourth-order valence-electron chi connectivity index (χ4n) is 2.03. The zero-order valence-electron chi connectivity index (χ0n) is 11.5. The van der Waals surface area contributed by atoms with Crippen molar-refractivity contribution in [1.29, 1.82) is 0 Å². The number of carboxylic acid groups (broad SMARTS) is 1. The summed E-state index contributed by atoms with van der Waals surface area (Å²) in [5, 5.41) is 11.9. The number of aryl methyl sites for hydroxylation is 1. The molecule has 0 spiro atoms. The fraction of sp³-hybridized carbons (Fsp3) is 0.0667. The Kier molecular flexibility index (Phi) is 3.87. The summed E-state index contributed by atoms with van der Waals surface area (Å²) in [5.74, 6) is 0.424. The summed E-state index contributed by atoms with van der Waals surface area (Å²) in [6.45, 7) is 1.99. The Balaban J connectivity index is 1.92. The van der Waals surface area contributed by atoms with Crippen molar-refractivity contribution >= 4 is 44.9 Å². The lowest BCUT2D eigenvalue weighted by molar-refractivity contribution is 0.210. The van der Waals surface area contributed by atoms with E-state index in [9.17, 15) is 4.79 Å². The molecule has 2 N–H and O–H groups in total. The number of nitrogens with zero attached hydrogens (tertiary/aromatic N) is 1. The highest BCUT2D eigenvalue weighted by atomic mass is 35.5. The highest BCUT2D eigenvalue weighted by Gasteiger charge is 2.09.